The fourth-order valence-electron chi connectivity index (χ4n) is 3.35. The summed E-state index contributed by atoms with van der Waals surface area (Å²) < 4.78 is 4.14. The molecule has 0 atom stereocenters. The molecule has 0 bridgehead atoms. The van der Waals surface area contributed by atoms with Crippen molar-refractivity contribution in [1.29, 1.82) is 0 Å². The number of hydrogen-bond acceptors (Lipinski definition) is 2. The minimum absolute atomic E-state index is 0.133. The molecule has 0 aliphatic rings. The van der Waals surface area contributed by atoms with Gasteiger partial charge in [0.15, 0.2) is 0 Å². The molecule has 0 fully saturated rings. The summed E-state index contributed by atoms with van der Waals surface area (Å²) in [4.78, 5) is 12.1. The van der Waals surface area contributed by atoms with Crippen LogP contribution in [-0.4, -0.2) is 21.3 Å². The van der Waals surface area contributed by atoms with Gasteiger partial charge in [0.2, 0.25) is 5.91 Å². The van der Waals surface area contributed by atoms with Crippen LogP contribution in [-0.2, 0) is 24.8 Å². The van der Waals surface area contributed by atoms with Crippen molar-refractivity contribution in [3.05, 3.63) is 95.9 Å². The highest BCUT2D eigenvalue weighted by molar-refractivity contribution is 5.99. The van der Waals surface area contributed by atoms with E-state index in [1.54, 1.807) is 6.21 Å². The Kier molecular flexibility index (Phi) is 5.06. The van der Waals surface area contributed by atoms with E-state index in [4.69, 9.17) is 0 Å². The third-order valence-corrected chi connectivity index (χ3v) is 4.80. The van der Waals surface area contributed by atoms with Crippen LogP contribution < -0.4 is 5.43 Å². The van der Waals surface area contributed by atoms with Crippen molar-refractivity contribution in [1.82, 2.24) is 14.6 Å². The molecule has 2 aromatic carbocycles. The molecule has 140 valence electrons. The summed E-state index contributed by atoms with van der Waals surface area (Å²) >= 11 is 0. The van der Waals surface area contributed by atoms with Gasteiger partial charge in [-0.25, -0.2) is 5.43 Å². The van der Waals surface area contributed by atoms with Crippen LogP contribution in [0.15, 0.2) is 84.2 Å². The number of hydrazone groups is 1. The fraction of sp³-hybridized carbons (Fsp3) is 0.130. The number of nitrogens with zero attached hydrogens (tertiary/aromatic N) is 3. The number of rotatable bonds is 6. The molecule has 2 aromatic heterocycles. The van der Waals surface area contributed by atoms with Gasteiger partial charge in [-0.05, 0) is 23.8 Å². The van der Waals surface area contributed by atoms with Crippen LogP contribution in [0.3, 0.4) is 0 Å². The molecule has 0 radical (unpaired) electrons. The average molecular weight is 370 g/mol. The van der Waals surface area contributed by atoms with Crippen molar-refractivity contribution in [2.45, 2.75) is 13.0 Å². The third kappa shape index (κ3) is 3.88. The number of hydrogen-bond donors (Lipinski definition) is 1. The summed E-state index contributed by atoms with van der Waals surface area (Å²) in [6.45, 7) is 0.787. The van der Waals surface area contributed by atoms with E-state index in [1.165, 1.54) is 5.56 Å². The van der Waals surface area contributed by atoms with Gasteiger partial charge in [-0.1, -0.05) is 48.5 Å². The molecular weight excluding hydrogens is 348 g/mol. The maximum absolute atomic E-state index is 12.1. The first kappa shape index (κ1) is 17.8. The highest BCUT2D eigenvalue weighted by Crippen LogP contribution is 2.21. The number of nitrogens with one attached hydrogen (secondary N) is 1. The SMILES string of the molecule is Cn1cccc1CC(=O)N/N=C\c1cn(Cc2ccccc2)c2ccccc12. The Balaban J connectivity index is 1.51. The maximum Gasteiger partial charge on any atom is 0.245 e. The van der Waals surface area contributed by atoms with Crippen molar-refractivity contribution >= 4 is 23.0 Å². The molecule has 0 saturated carbocycles. The molecule has 1 amide bonds. The topological polar surface area (TPSA) is 51.3 Å². The van der Waals surface area contributed by atoms with Gasteiger partial charge in [-0.2, -0.15) is 5.10 Å². The number of fused-ring (bicyclic) bond motifs is 1. The van der Waals surface area contributed by atoms with Crippen LogP contribution in [0.2, 0.25) is 0 Å². The zero-order chi connectivity index (χ0) is 19.3. The van der Waals surface area contributed by atoms with Gasteiger partial charge < -0.3 is 9.13 Å². The highest BCUT2D eigenvalue weighted by Gasteiger charge is 2.08. The van der Waals surface area contributed by atoms with E-state index in [-0.39, 0.29) is 5.91 Å². The number of aromatic nitrogens is 2. The van der Waals surface area contributed by atoms with Crippen molar-refractivity contribution in [2.75, 3.05) is 0 Å². The molecule has 0 aliphatic heterocycles. The van der Waals surface area contributed by atoms with E-state index >= 15 is 0 Å². The Bertz CT molecular complexity index is 1120. The lowest BCUT2D eigenvalue weighted by atomic mass is 10.2. The minimum Gasteiger partial charge on any atom is -0.354 e. The van der Waals surface area contributed by atoms with Crippen molar-refractivity contribution in [3.63, 3.8) is 0 Å². The quantitative estimate of drug-likeness (QED) is 0.408. The number of benzene rings is 2. The number of carbonyl (C=O) groups excluding carboxylic acids is 1. The second-order valence-corrected chi connectivity index (χ2v) is 6.80. The minimum atomic E-state index is -0.133. The van der Waals surface area contributed by atoms with Crippen LogP contribution in [0.4, 0.5) is 0 Å². The van der Waals surface area contributed by atoms with Gasteiger partial charge in [0, 0.05) is 48.1 Å². The zero-order valence-corrected chi connectivity index (χ0v) is 15.7. The van der Waals surface area contributed by atoms with E-state index < -0.39 is 0 Å². The lowest BCUT2D eigenvalue weighted by Crippen LogP contribution is -2.20. The summed E-state index contributed by atoms with van der Waals surface area (Å²) in [6.07, 6.45) is 6.02. The molecule has 5 heteroatoms. The van der Waals surface area contributed by atoms with Crippen molar-refractivity contribution < 1.29 is 4.79 Å². The number of aryl methyl sites for hydroxylation is 1. The van der Waals surface area contributed by atoms with Gasteiger partial charge >= 0.3 is 0 Å². The Labute approximate surface area is 163 Å². The zero-order valence-electron chi connectivity index (χ0n) is 15.7. The molecule has 0 saturated heterocycles. The first-order chi connectivity index (χ1) is 13.7. The van der Waals surface area contributed by atoms with E-state index in [1.807, 2.05) is 60.3 Å². The van der Waals surface area contributed by atoms with Crippen LogP contribution in [0.5, 0.6) is 0 Å². The van der Waals surface area contributed by atoms with E-state index in [0.717, 1.165) is 28.7 Å². The monoisotopic (exact) mass is 370 g/mol. The van der Waals surface area contributed by atoms with Crippen LogP contribution >= 0.6 is 0 Å². The second-order valence-electron chi connectivity index (χ2n) is 6.80. The molecule has 1 N–H and O–H groups in total. The lowest BCUT2D eigenvalue weighted by Gasteiger charge is -2.05. The fourth-order valence-corrected chi connectivity index (χ4v) is 3.35. The van der Waals surface area contributed by atoms with Gasteiger partial charge in [0.05, 0.1) is 12.6 Å². The Morgan fingerprint density at radius 1 is 1.04 bits per heavy atom. The first-order valence-corrected chi connectivity index (χ1v) is 9.24. The van der Waals surface area contributed by atoms with Gasteiger partial charge in [-0.15, -0.1) is 0 Å². The molecule has 28 heavy (non-hydrogen) atoms. The van der Waals surface area contributed by atoms with Crippen molar-refractivity contribution in [3.8, 4) is 0 Å². The summed E-state index contributed by atoms with van der Waals surface area (Å²) in [5.41, 5.74) is 6.94. The first-order valence-electron chi connectivity index (χ1n) is 9.24. The maximum atomic E-state index is 12.1. The second kappa shape index (κ2) is 7.96. The lowest BCUT2D eigenvalue weighted by molar-refractivity contribution is -0.120. The van der Waals surface area contributed by atoms with Crippen LogP contribution in [0.25, 0.3) is 10.9 Å². The van der Waals surface area contributed by atoms with E-state index in [9.17, 15) is 4.79 Å². The van der Waals surface area contributed by atoms with Gasteiger partial charge in [-0.3, -0.25) is 4.79 Å². The summed E-state index contributed by atoms with van der Waals surface area (Å²) in [5, 5.41) is 5.29. The summed E-state index contributed by atoms with van der Waals surface area (Å²) in [6, 6.07) is 22.4. The summed E-state index contributed by atoms with van der Waals surface area (Å²) in [7, 11) is 1.92. The molecule has 0 spiro atoms. The molecular formula is C23H22N4O. The molecule has 4 rings (SSSR count). The molecule has 2 heterocycles. The highest BCUT2D eigenvalue weighted by atomic mass is 16.2. The average Bonchev–Trinajstić information content (AvgIpc) is 3.27. The predicted molar refractivity (Wildman–Crippen MR) is 112 cm³/mol. The number of carbonyl (C=O) groups is 1. The summed E-state index contributed by atoms with van der Waals surface area (Å²) in [5.74, 6) is -0.133. The third-order valence-electron chi connectivity index (χ3n) is 4.80. The normalized spacial score (nSPS) is 11.3. The standard InChI is InChI=1S/C23H22N4O/c1-26-13-7-10-20(26)14-23(28)25-24-15-19-17-27(16-18-8-3-2-4-9-18)22-12-6-5-11-21(19)22/h2-13,15,17H,14,16H2,1H3,(H,25,28)/b24-15-. The molecule has 0 unspecified atom stereocenters. The van der Waals surface area contributed by atoms with E-state index in [0.29, 0.717) is 6.42 Å². The van der Waals surface area contributed by atoms with Gasteiger partial charge in [0.25, 0.3) is 0 Å². The van der Waals surface area contributed by atoms with Crippen LogP contribution in [0.1, 0.15) is 16.8 Å². The van der Waals surface area contributed by atoms with Gasteiger partial charge in [0.1, 0.15) is 0 Å². The van der Waals surface area contributed by atoms with Crippen LogP contribution in [0, 0.1) is 0 Å². The molecule has 0 aliphatic carbocycles. The molecule has 5 nitrogen and oxygen atoms in total. The number of para-hydroxylation sites is 1. The Hall–Kier alpha value is -3.60. The molecule has 4 aromatic rings. The predicted octanol–water partition coefficient (Wildman–Crippen LogP) is 3.72. The van der Waals surface area contributed by atoms with E-state index in [2.05, 4.69) is 45.6 Å². The Morgan fingerprint density at radius 2 is 1.82 bits per heavy atom. The van der Waals surface area contributed by atoms with Crippen molar-refractivity contribution in [2.24, 2.45) is 12.1 Å². The largest absolute Gasteiger partial charge is 0.354 e. The Morgan fingerprint density at radius 3 is 2.61 bits per heavy atom. The smallest absolute Gasteiger partial charge is 0.245 e. The number of amides is 1.